The maximum atomic E-state index is 15.3. The van der Waals surface area contributed by atoms with E-state index >= 15 is 8.78 Å². The molecule has 2 rings (SSSR count). The molecule has 1 fully saturated rings. The second-order valence-corrected chi connectivity index (χ2v) is 11.3. The average Bonchev–Trinajstić information content (AvgIpc) is 2.82. The first-order valence-corrected chi connectivity index (χ1v) is 13.1. The lowest BCUT2D eigenvalue weighted by molar-refractivity contribution is -0.204. The van der Waals surface area contributed by atoms with Crippen molar-refractivity contribution in [2.24, 2.45) is 0 Å². The van der Waals surface area contributed by atoms with Gasteiger partial charge in [0.1, 0.15) is 11.2 Å². The predicted molar refractivity (Wildman–Crippen MR) is 103 cm³/mol. The third-order valence-electron chi connectivity index (χ3n) is 3.71. The van der Waals surface area contributed by atoms with Crippen molar-refractivity contribution >= 4 is 47.9 Å². The van der Waals surface area contributed by atoms with Gasteiger partial charge >= 0.3 is 23.5 Å². The second kappa shape index (κ2) is 9.34. The number of hydrogen-bond acceptors (Lipinski definition) is 10. The fraction of sp³-hybridized carbons (Fsp3) is 0.455. The van der Waals surface area contributed by atoms with E-state index in [1.807, 2.05) is 0 Å². The molecule has 0 aromatic carbocycles. The molecule has 0 spiro atoms. The third-order valence-corrected chi connectivity index (χ3v) is 8.10. The molecule has 1 aliphatic heterocycles. The zero-order valence-electron chi connectivity index (χ0n) is 15.3. The molecule has 6 N–H and O–H groups in total. The number of aliphatic hydroxyl groups excluding tert-OH is 1. The number of rotatable bonds is 8. The third kappa shape index (κ3) is 6.45. The van der Waals surface area contributed by atoms with Gasteiger partial charge in [0.15, 0.2) is 22.9 Å². The van der Waals surface area contributed by atoms with Crippen LogP contribution in [-0.2, 0) is 31.6 Å². The zero-order chi connectivity index (χ0) is 25.6. The van der Waals surface area contributed by atoms with Crippen LogP contribution in [0.15, 0.2) is 6.20 Å². The maximum Gasteiger partial charge on any atom is 0.490 e. The number of phosphoric ester groups is 1. The number of halogens is 3. The van der Waals surface area contributed by atoms with Crippen molar-refractivity contribution in [1.29, 1.82) is 0 Å². The van der Waals surface area contributed by atoms with E-state index in [0.29, 0.717) is 10.8 Å². The van der Waals surface area contributed by atoms with Gasteiger partial charge in [0.05, 0.1) is 0 Å². The Bertz CT molecular complexity index is 1250. The Labute approximate surface area is 191 Å². The van der Waals surface area contributed by atoms with E-state index in [0.717, 1.165) is 0 Å². The summed E-state index contributed by atoms with van der Waals surface area (Å²) in [7, 11) is -17.5. The molecule has 0 amide bonds. The van der Waals surface area contributed by atoms with Gasteiger partial charge in [-0.05, 0) is 12.2 Å². The van der Waals surface area contributed by atoms with Crippen molar-refractivity contribution in [3.63, 3.8) is 0 Å². The van der Waals surface area contributed by atoms with Crippen LogP contribution in [0.1, 0.15) is 6.23 Å². The van der Waals surface area contributed by atoms with Crippen LogP contribution < -0.4 is 0 Å². The summed E-state index contributed by atoms with van der Waals surface area (Å²) in [5, 5.41) is 10.1. The molecule has 33 heavy (non-hydrogen) atoms. The number of nitrogens with one attached hydrogen (secondary N) is 1. The Hall–Kier alpha value is -0.800. The van der Waals surface area contributed by atoms with E-state index in [4.69, 9.17) is 33.3 Å². The van der Waals surface area contributed by atoms with Crippen LogP contribution in [0.4, 0.5) is 13.2 Å². The number of H-pyrrole nitrogens is 1. The second-order valence-electron chi connectivity index (χ2n) is 6.08. The van der Waals surface area contributed by atoms with E-state index in [9.17, 15) is 28.1 Å². The van der Waals surface area contributed by atoms with E-state index in [1.54, 1.807) is 0 Å². The summed E-state index contributed by atoms with van der Waals surface area (Å²) in [6.45, 7) is -1.92. The molecule has 0 radical (unpaired) electrons. The summed E-state index contributed by atoms with van der Waals surface area (Å²) in [5.41, 5.74) is -3.49. The van der Waals surface area contributed by atoms with Gasteiger partial charge in [-0.2, -0.15) is 8.62 Å². The number of phosphoric acid groups is 3. The zero-order valence-corrected chi connectivity index (χ0v) is 19.7. The number of nitrogens with zero attached hydrogens (tertiary/aromatic N) is 1. The van der Waals surface area contributed by atoms with E-state index in [2.05, 4.69) is 35.1 Å². The lowest BCUT2D eigenvalue weighted by Gasteiger charge is -2.25. The molecule has 186 valence electrons. The molecule has 0 bridgehead atoms. The smallest absolute Gasteiger partial charge is 0.383 e. The fourth-order valence-corrected chi connectivity index (χ4v) is 5.91. The first kappa shape index (κ1) is 28.4. The molecule has 0 saturated carbocycles. The molecule has 2 heterocycles. The summed E-state index contributed by atoms with van der Waals surface area (Å²) < 4.78 is 92.8. The highest BCUT2D eigenvalue weighted by atomic mass is 32.1. The maximum absolute atomic E-state index is 15.3. The van der Waals surface area contributed by atoms with Crippen LogP contribution in [0.5, 0.6) is 0 Å². The lowest BCUT2D eigenvalue weighted by Crippen LogP contribution is -2.47. The molecule has 0 aliphatic carbocycles. The molecule has 3 unspecified atom stereocenters. The normalized spacial score (nSPS) is 31.5. The fourth-order valence-electron chi connectivity index (χ4n) is 2.41. The molecule has 6 atom stereocenters. The van der Waals surface area contributed by atoms with Gasteiger partial charge in [0.25, 0.3) is 5.85 Å². The van der Waals surface area contributed by atoms with Crippen LogP contribution in [-0.4, -0.2) is 58.5 Å². The summed E-state index contributed by atoms with van der Waals surface area (Å²) in [5.74, 6) is -3.57. The Morgan fingerprint density at radius 2 is 1.79 bits per heavy atom. The first-order valence-electron chi connectivity index (χ1n) is 7.76. The highest BCUT2D eigenvalue weighted by Crippen LogP contribution is 2.66. The van der Waals surface area contributed by atoms with Crippen molar-refractivity contribution in [1.82, 2.24) is 9.55 Å². The van der Waals surface area contributed by atoms with Crippen molar-refractivity contribution < 1.29 is 69.4 Å². The SMILES string of the molecule is C#C[C@@]1(F)C(O)[C@@](F)(COP(=O)(O)OP(=O)(O)OP(=O)(O)O)O[C@H]1n1cc(F)c(=S)[nH]c1=S. The van der Waals surface area contributed by atoms with Crippen LogP contribution >= 0.6 is 47.9 Å². The monoisotopic (exact) mass is 578 g/mol. The number of aliphatic hydroxyl groups is 1. The van der Waals surface area contributed by atoms with Crippen molar-refractivity contribution in [3.8, 4) is 12.3 Å². The molecule has 1 aliphatic rings. The number of hydrogen-bond donors (Lipinski definition) is 6. The summed E-state index contributed by atoms with van der Waals surface area (Å²) in [6.07, 6.45) is 0.113. The first-order chi connectivity index (χ1) is 14.8. The van der Waals surface area contributed by atoms with Gasteiger partial charge in [-0.25, -0.2) is 26.9 Å². The highest BCUT2D eigenvalue weighted by Gasteiger charge is 2.67. The van der Waals surface area contributed by atoms with E-state index < -0.39 is 69.2 Å². The van der Waals surface area contributed by atoms with Gasteiger partial charge in [-0.15, -0.1) is 6.42 Å². The summed E-state index contributed by atoms with van der Waals surface area (Å²) in [6, 6.07) is 0. The minimum atomic E-state index is -5.95. The van der Waals surface area contributed by atoms with Crippen LogP contribution in [0.3, 0.4) is 0 Å². The van der Waals surface area contributed by atoms with E-state index in [1.165, 1.54) is 5.92 Å². The molecular weight excluding hydrogens is 566 g/mol. The highest BCUT2D eigenvalue weighted by molar-refractivity contribution is 7.72. The molecule has 14 nitrogen and oxygen atoms in total. The molecular formula is C11H12F3N2O12P3S2. The van der Waals surface area contributed by atoms with Gasteiger partial charge in [0.2, 0.25) is 5.67 Å². The largest absolute Gasteiger partial charge is 0.490 e. The topological polar surface area (TPSA) is 210 Å². The number of alkyl halides is 2. The van der Waals surface area contributed by atoms with E-state index in [-0.39, 0.29) is 0 Å². The Balaban J connectivity index is 2.32. The van der Waals surface area contributed by atoms with Crippen LogP contribution in [0, 0.1) is 27.6 Å². The predicted octanol–water partition coefficient (Wildman–Crippen LogP) is 1.65. The van der Waals surface area contributed by atoms with Crippen molar-refractivity contribution in [2.75, 3.05) is 6.61 Å². The van der Waals surface area contributed by atoms with Gasteiger partial charge < -0.3 is 34.4 Å². The lowest BCUT2D eigenvalue weighted by atomic mass is 9.96. The standard InChI is InChI=1S/C11H12F3N2O12P3S2/c1-2-10(13)7(17)11(14,26-8(10)16-3-5(12)6(32)15-9(16)33)4-25-30(21,22)28-31(23,24)27-29(18,19)20/h1,3,7-8,17H,4H2,(H,21,22)(H,23,24)(H,15,32,33)(H2,18,19,20)/t7?,8-,10-,11-/m1/s1. The van der Waals surface area contributed by atoms with Crippen LogP contribution in [0.25, 0.3) is 0 Å². The number of terminal acetylenes is 1. The summed E-state index contributed by atoms with van der Waals surface area (Å²) in [4.78, 5) is 37.5. The number of ether oxygens (including phenoxy) is 1. The average molecular weight is 578 g/mol. The van der Waals surface area contributed by atoms with Gasteiger partial charge in [-0.3, -0.25) is 9.09 Å². The Morgan fingerprint density at radius 3 is 2.30 bits per heavy atom. The number of aromatic amines is 1. The van der Waals surface area contributed by atoms with Gasteiger partial charge in [-0.1, -0.05) is 18.1 Å². The minimum absolute atomic E-state index is 0.412. The molecule has 22 heteroatoms. The molecule has 1 aromatic heterocycles. The molecule has 1 saturated heterocycles. The minimum Gasteiger partial charge on any atom is -0.383 e. The molecule has 1 aromatic rings. The quantitative estimate of drug-likeness (QED) is 0.147. The number of aromatic nitrogens is 2. The van der Waals surface area contributed by atoms with Gasteiger partial charge in [0, 0.05) is 6.20 Å². The van der Waals surface area contributed by atoms with Crippen LogP contribution in [0.2, 0.25) is 0 Å². The summed E-state index contributed by atoms with van der Waals surface area (Å²) >= 11 is 9.39. The Morgan fingerprint density at radius 1 is 1.21 bits per heavy atom. The Kier molecular flexibility index (Phi) is 8.05. The van der Waals surface area contributed by atoms with Crippen molar-refractivity contribution in [3.05, 3.63) is 21.4 Å². The van der Waals surface area contributed by atoms with Crippen molar-refractivity contribution in [2.45, 2.75) is 23.9 Å².